The van der Waals surface area contributed by atoms with E-state index in [0.717, 1.165) is 50.4 Å². The molecule has 0 aliphatic carbocycles. The number of carbonyl (C=O) groups is 1. The van der Waals surface area contributed by atoms with Crippen LogP contribution in [-0.4, -0.2) is 30.6 Å². The van der Waals surface area contributed by atoms with Gasteiger partial charge in [-0.2, -0.15) is 0 Å². The number of furan rings is 1. The molecule has 1 aromatic heterocycles. The van der Waals surface area contributed by atoms with Gasteiger partial charge in [0.2, 0.25) is 5.91 Å². The van der Waals surface area contributed by atoms with Crippen molar-refractivity contribution in [2.45, 2.75) is 45.1 Å². The normalized spacial score (nSPS) is 27.6. The van der Waals surface area contributed by atoms with E-state index in [-0.39, 0.29) is 17.9 Å². The summed E-state index contributed by atoms with van der Waals surface area (Å²) in [5, 5.41) is 0. The van der Waals surface area contributed by atoms with Crippen LogP contribution in [-0.2, 0) is 9.53 Å². The second-order valence-electron chi connectivity index (χ2n) is 5.91. The number of rotatable bonds is 2. The lowest BCUT2D eigenvalue weighted by Gasteiger charge is -2.30. The van der Waals surface area contributed by atoms with E-state index in [9.17, 15) is 4.79 Å². The summed E-state index contributed by atoms with van der Waals surface area (Å²) in [4.78, 5) is 14.8. The first-order valence-corrected chi connectivity index (χ1v) is 7.70. The molecule has 2 aliphatic heterocycles. The Kier molecular flexibility index (Phi) is 4.10. The van der Waals surface area contributed by atoms with Crippen LogP contribution in [0.3, 0.4) is 0 Å². The maximum absolute atomic E-state index is 12.7. The smallest absolute Gasteiger partial charge is 0.228 e. The van der Waals surface area contributed by atoms with E-state index < -0.39 is 0 Å². The maximum Gasteiger partial charge on any atom is 0.228 e. The van der Waals surface area contributed by atoms with Crippen LogP contribution >= 0.6 is 0 Å². The van der Waals surface area contributed by atoms with E-state index in [4.69, 9.17) is 9.15 Å². The van der Waals surface area contributed by atoms with E-state index in [1.54, 1.807) is 0 Å². The molecule has 0 N–H and O–H groups in total. The largest absolute Gasteiger partial charge is 0.464 e. The van der Waals surface area contributed by atoms with Crippen LogP contribution in [0.5, 0.6) is 0 Å². The SMILES string of the molecule is Cc1ccc(C2CCCCCN2C(=O)C2CCOC2)o1. The van der Waals surface area contributed by atoms with E-state index in [2.05, 4.69) is 0 Å². The fourth-order valence-electron chi connectivity index (χ4n) is 3.26. The number of ether oxygens (including phenoxy) is 1. The average Bonchev–Trinajstić information content (AvgIpc) is 3.05. The molecule has 2 saturated heterocycles. The zero-order valence-corrected chi connectivity index (χ0v) is 12.1. The van der Waals surface area contributed by atoms with E-state index in [0.29, 0.717) is 6.61 Å². The Bertz CT molecular complexity index is 462. The summed E-state index contributed by atoms with van der Waals surface area (Å²) in [7, 11) is 0. The van der Waals surface area contributed by atoms with Gasteiger partial charge in [0.1, 0.15) is 11.5 Å². The minimum atomic E-state index is 0.0478. The van der Waals surface area contributed by atoms with Crippen molar-refractivity contribution >= 4 is 5.91 Å². The van der Waals surface area contributed by atoms with Crippen molar-refractivity contribution in [1.29, 1.82) is 0 Å². The highest BCUT2D eigenvalue weighted by atomic mass is 16.5. The molecular weight excluding hydrogens is 254 g/mol. The first kappa shape index (κ1) is 13.7. The molecule has 4 nitrogen and oxygen atoms in total. The van der Waals surface area contributed by atoms with Gasteiger partial charge in [-0.15, -0.1) is 0 Å². The topological polar surface area (TPSA) is 42.7 Å². The van der Waals surface area contributed by atoms with Gasteiger partial charge in [-0.05, 0) is 38.3 Å². The fourth-order valence-corrected chi connectivity index (χ4v) is 3.26. The molecule has 2 atom stereocenters. The number of likely N-dealkylation sites (tertiary alicyclic amines) is 1. The molecule has 20 heavy (non-hydrogen) atoms. The fraction of sp³-hybridized carbons (Fsp3) is 0.688. The Labute approximate surface area is 120 Å². The predicted octanol–water partition coefficient (Wildman–Crippen LogP) is 3.07. The van der Waals surface area contributed by atoms with Gasteiger partial charge in [-0.3, -0.25) is 4.79 Å². The standard InChI is InChI=1S/C16H23NO3/c1-12-6-7-15(20-12)14-5-3-2-4-9-17(14)16(18)13-8-10-19-11-13/h6-7,13-14H,2-5,8-11H2,1H3. The zero-order valence-electron chi connectivity index (χ0n) is 12.1. The van der Waals surface area contributed by atoms with Crippen LogP contribution in [0, 0.1) is 12.8 Å². The second kappa shape index (κ2) is 6.00. The van der Waals surface area contributed by atoms with Crippen LogP contribution < -0.4 is 0 Å². The summed E-state index contributed by atoms with van der Waals surface area (Å²) in [5.74, 6) is 2.16. The highest BCUT2D eigenvalue weighted by Gasteiger charge is 2.34. The molecule has 0 bridgehead atoms. The van der Waals surface area contributed by atoms with Crippen LogP contribution in [0.25, 0.3) is 0 Å². The van der Waals surface area contributed by atoms with Gasteiger partial charge in [-0.25, -0.2) is 0 Å². The van der Waals surface area contributed by atoms with E-state index in [1.165, 1.54) is 6.42 Å². The summed E-state index contributed by atoms with van der Waals surface area (Å²) in [5.41, 5.74) is 0. The minimum absolute atomic E-state index is 0.0478. The quantitative estimate of drug-likeness (QED) is 0.834. The first-order chi connectivity index (χ1) is 9.75. The number of carbonyl (C=O) groups excluding carboxylic acids is 1. The molecule has 3 rings (SSSR count). The summed E-state index contributed by atoms with van der Waals surface area (Å²) >= 11 is 0. The molecule has 0 spiro atoms. The zero-order chi connectivity index (χ0) is 13.9. The van der Waals surface area contributed by atoms with Gasteiger partial charge in [0.15, 0.2) is 0 Å². The minimum Gasteiger partial charge on any atom is -0.464 e. The van der Waals surface area contributed by atoms with E-state index >= 15 is 0 Å². The summed E-state index contributed by atoms with van der Waals surface area (Å²) in [6, 6.07) is 4.12. The van der Waals surface area contributed by atoms with Gasteiger partial charge in [0, 0.05) is 13.2 Å². The number of amides is 1. The lowest BCUT2D eigenvalue weighted by atomic mass is 10.0. The summed E-state index contributed by atoms with van der Waals surface area (Å²) in [6.45, 7) is 4.10. The molecule has 2 aliphatic rings. The van der Waals surface area contributed by atoms with Crippen molar-refractivity contribution in [1.82, 2.24) is 4.90 Å². The van der Waals surface area contributed by atoms with Crippen LogP contribution in [0.15, 0.2) is 16.5 Å². The van der Waals surface area contributed by atoms with Crippen molar-refractivity contribution in [3.05, 3.63) is 23.7 Å². The predicted molar refractivity (Wildman–Crippen MR) is 75.3 cm³/mol. The Morgan fingerprint density at radius 2 is 2.15 bits per heavy atom. The van der Waals surface area contributed by atoms with Crippen molar-refractivity contribution < 1.29 is 13.9 Å². The molecule has 4 heteroatoms. The van der Waals surface area contributed by atoms with E-state index in [1.807, 2.05) is 24.0 Å². The molecular formula is C16H23NO3. The third-order valence-corrected chi connectivity index (χ3v) is 4.40. The highest BCUT2D eigenvalue weighted by Crippen LogP contribution is 2.33. The molecule has 3 heterocycles. The highest BCUT2D eigenvalue weighted by molar-refractivity contribution is 5.79. The molecule has 0 saturated carbocycles. The molecule has 1 amide bonds. The molecule has 2 fully saturated rings. The van der Waals surface area contributed by atoms with Gasteiger partial charge in [-0.1, -0.05) is 12.8 Å². The van der Waals surface area contributed by atoms with Crippen molar-refractivity contribution in [2.75, 3.05) is 19.8 Å². The van der Waals surface area contributed by atoms with Crippen molar-refractivity contribution in [2.24, 2.45) is 5.92 Å². The molecule has 0 aromatic carbocycles. The third kappa shape index (κ3) is 2.75. The Morgan fingerprint density at radius 3 is 2.85 bits per heavy atom. The number of hydrogen-bond donors (Lipinski definition) is 0. The van der Waals surface area contributed by atoms with Gasteiger partial charge < -0.3 is 14.1 Å². The molecule has 2 unspecified atom stereocenters. The van der Waals surface area contributed by atoms with Crippen LogP contribution in [0.4, 0.5) is 0 Å². The maximum atomic E-state index is 12.7. The molecule has 1 aromatic rings. The van der Waals surface area contributed by atoms with Crippen molar-refractivity contribution in [3.8, 4) is 0 Å². The Hall–Kier alpha value is -1.29. The van der Waals surface area contributed by atoms with Gasteiger partial charge in [0.05, 0.1) is 18.6 Å². The average molecular weight is 277 g/mol. The Balaban J connectivity index is 1.81. The van der Waals surface area contributed by atoms with Gasteiger partial charge in [0.25, 0.3) is 0 Å². The first-order valence-electron chi connectivity index (χ1n) is 7.70. The van der Waals surface area contributed by atoms with Crippen molar-refractivity contribution in [3.63, 3.8) is 0 Å². The lowest BCUT2D eigenvalue weighted by Crippen LogP contribution is -2.39. The third-order valence-electron chi connectivity index (χ3n) is 4.40. The van der Waals surface area contributed by atoms with Crippen LogP contribution in [0.2, 0.25) is 0 Å². The summed E-state index contributed by atoms with van der Waals surface area (Å²) < 4.78 is 11.2. The second-order valence-corrected chi connectivity index (χ2v) is 5.91. The van der Waals surface area contributed by atoms with Crippen LogP contribution in [0.1, 0.15) is 49.7 Å². The summed E-state index contributed by atoms with van der Waals surface area (Å²) in [6.07, 6.45) is 5.32. The lowest BCUT2D eigenvalue weighted by molar-refractivity contribution is -0.138. The molecule has 0 radical (unpaired) electrons. The van der Waals surface area contributed by atoms with Gasteiger partial charge >= 0.3 is 0 Å². The molecule has 110 valence electrons. The monoisotopic (exact) mass is 277 g/mol. The number of aryl methyl sites for hydroxylation is 1. The number of hydrogen-bond acceptors (Lipinski definition) is 3. The number of nitrogens with zero attached hydrogens (tertiary/aromatic N) is 1. The Morgan fingerprint density at radius 1 is 1.25 bits per heavy atom.